The van der Waals surface area contributed by atoms with Crippen molar-refractivity contribution < 1.29 is 18.9 Å². The van der Waals surface area contributed by atoms with Gasteiger partial charge in [-0.05, 0) is 29.4 Å². The lowest BCUT2D eigenvalue weighted by molar-refractivity contribution is -0.242. The maximum atomic E-state index is 6.57. The van der Waals surface area contributed by atoms with E-state index in [2.05, 4.69) is 50.2 Å². The fraction of sp³-hybridized carbons (Fsp3) is 0.379. The van der Waals surface area contributed by atoms with Gasteiger partial charge in [-0.3, -0.25) is 0 Å². The minimum atomic E-state index is -0.263. The quantitative estimate of drug-likeness (QED) is 0.326. The zero-order valence-electron chi connectivity index (χ0n) is 19.9. The van der Waals surface area contributed by atoms with Crippen LogP contribution in [0.4, 0.5) is 0 Å². The Balaban J connectivity index is 1.55. The van der Waals surface area contributed by atoms with E-state index in [0.717, 1.165) is 22.4 Å². The minimum absolute atomic E-state index is 0.120. The van der Waals surface area contributed by atoms with Crippen LogP contribution in [0.1, 0.15) is 30.5 Å². The summed E-state index contributed by atoms with van der Waals surface area (Å²) in [5.74, 6) is 0.934. The second-order valence-electron chi connectivity index (χ2n) is 8.45. The topological polar surface area (TPSA) is 36.9 Å². The SMILES string of the molecule is CCS[C@H]1O[C@@H](C)[C@H](OCc2ccccc2)[C@@H](OCc2ccccc2)[C@H]1OCc1ccccc1. The summed E-state index contributed by atoms with van der Waals surface area (Å²) in [6, 6.07) is 30.7. The Morgan fingerprint density at radius 3 is 1.47 bits per heavy atom. The molecule has 0 radical (unpaired) electrons. The van der Waals surface area contributed by atoms with Gasteiger partial charge in [0.1, 0.15) is 23.7 Å². The first kappa shape index (κ1) is 25.0. The molecule has 4 rings (SSSR count). The van der Waals surface area contributed by atoms with Crippen LogP contribution in [-0.2, 0) is 38.8 Å². The molecule has 1 fully saturated rings. The third-order valence-electron chi connectivity index (χ3n) is 5.91. The molecule has 0 amide bonds. The van der Waals surface area contributed by atoms with E-state index in [1.165, 1.54) is 0 Å². The summed E-state index contributed by atoms with van der Waals surface area (Å²) >= 11 is 1.76. The van der Waals surface area contributed by atoms with Crippen LogP contribution in [0.3, 0.4) is 0 Å². The van der Waals surface area contributed by atoms with Crippen LogP contribution in [0.5, 0.6) is 0 Å². The highest BCUT2D eigenvalue weighted by Crippen LogP contribution is 2.34. The van der Waals surface area contributed by atoms with Crippen LogP contribution < -0.4 is 0 Å². The predicted molar refractivity (Wildman–Crippen MR) is 138 cm³/mol. The maximum absolute atomic E-state index is 6.57. The van der Waals surface area contributed by atoms with E-state index >= 15 is 0 Å². The van der Waals surface area contributed by atoms with Gasteiger partial charge in [0.2, 0.25) is 0 Å². The molecule has 1 aliphatic rings. The number of ether oxygens (including phenoxy) is 4. The summed E-state index contributed by atoms with van der Waals surface area (Å²) in [4.78, 5) is 0. The van der Waals surface area contributed by atoms with Gasteiger partial charge in [0.25, 0.3) is 0 Å². The van der Waals surface area contributed by atoms with Gasteiger partial charge in [-0.25, -0.2) is 0 Å². The Kier molecular flexibility index (Phi) is 9.60. The second-order valence-corrected chi connectivity index (χ2v) is 9.82. The Bertz CT molecular complexity index is 954. The lowest BCUT2D eigenvalue weighted by Crippen LogP contribution is -2.58. The molecule has 4 nitrogen and oxygen atoms in total. The van der Waals surface area contributed by atoms with E-state index in [-0.39, 0.29) is 29.9 Å². The number of benzene rings is 3. The number of thioether (sulfide) groups is 1. The molecule has 1 aliphatic heterocycles. The van der Waals surface area contributed by atoms with Gasteiger partial charge in [-0.15, -0.1) is 11.8 Å². The van der Waals surface area contributed by atoms with Gasteiger partial charge in [-0.1, -0.05) is 97.9 Å². The van der Waals surface area contributed by atoms with Crippen LogP contribution >= 0.6 is 11.8 Å². The molecule has 3 aromatic carbocycles. The molecule has 0 spiro atoms. The minimum Gasteiger partial charge on any atom is -0.368 e. The lowest BCUT2D eigenvalue weighted by Gasteiger charge is -2.45. The van der Waals surface area contributed by atoms with Crippen molar-refractivity contribution in [3.63, 3.8) is 0 Å². The van der Waals surface area contributed by atoms with E-state index < -0.39 is 0 Å². The van der Waals surface area contributed by atoms with E-state index in [9.17, 15) is 0 Å². The van der Waals surface area contributed by atoms with Crippen LogP contribution in [0.2, 0.25) is 0 Å². The van der Waals surface area contributed by atoms with Crippen molar-refractivity contribution in [3.8, 4) is 0 Å². The highest BCUT2D eigenvalue weighted by atomic mass is 32.2. The van der Waals surface area contributed by atoms with Gasteiger partial charge in [0, 0.05) is 0 Å². The third kappa shape index (κ3) is 6.94. The van der Waals surface area contributed by atoms with Gasteiger partial charge < -0.3 is 18.9 Å². The normalized spacial score (nSPS) is 24.7. The maximum Gasteiger partial charge on any atom is 0.132 e. The largest absolute Gasteiger partial charge is 0.368 e. The first-order valence-corrected chi connectivity index (χ1v) is 13.0. The Labute approximate surface area is 207 Å². The van der Waals surface area contributed by atoms with E-state index in [1.54, 1.807) is 11.8 Å². The van der Waals surface area contributed by atoms with Crippen molar-refractivity contribution in [1.82, 2.24) is 0 Å². The average Bonchev–Trinajstić information content (AvgIpc) is 2.88. The van der Waals surface area contributed by atoms with Crippen LogP contribution in [0, 0.1) is 0 Å². The van der Waals surface area contributed by atoms with Gasteiger partial charge >= 0.3 is 0 Å². The molecule has 0 bridgehead atoms. The predicted octanol–water partition coefficient (Wildman–Crippen LogP) is 6.24. The Morgan fingerprint density at radius 2 is 1.03 bits per heavy atom. The molecule has 1 saturated heterocycles. The molecule has 0 saturated carbocycles. The van der Waals surface area contributed by atoms with Crippen LogP contribution in [0.25, 0.3) is 0 Å². The van der Waals surface area contributed by atoms with Crippen molar-refractivity contribution >= 4 is 11.8 Å². The molecule has 34 heavy (non-hydrogen) atoms. The van der Waals surface area contributed by atoms with Crippen molar-refractivity contribution in [3.05, 3.63) is 108 Å². The molecular weight excluding hydrogens is 444 g/mol. The average molecular weight is 479 g/mol. The van der Waals surface area contributed by atoms with Crippen LogP contribution in [0.15, 0.2) is 91.0 Å². The molecule has 5 atom stereocenters. The molecule has 3 aromatic rings. The van der Waals surface area contributed by atoms with Gasteiger partial charge in [0.05, 0.1) is 25.9 Å². The number of hydrogen-bond donors (Lipinski definition) is 0. The van der Waals surface area contributed by atoms with Crippen molar-refractivity contribution in [1.29, 1.82) is 0 Å². The fourth-order valence-corrected chi connectivity index (χ4v) is 5.17. The van der Waals surface area contributed by atoms with Gasteiger partial charge in [0.15, 0.2) is 0 Å². The standard InChI is InChI=1S/C29H34O4S/c1-3-34-29-28(32-21-25-17-11-6-12-18-25)27(31-20-24-15-9-5-10-16-24)26(22(2)33-29)30-19-23-13-7-4-8-14-23/h4-18,22,26-29H,3,19-21H2,1-2H3/t22-,26-,27+,28+,29+/m0/s1. The van der Waals surface area contributed by atoms with Gasteiger partial charge in [-0.2, -0.15) is 0 Å². The van der Waals surface area contributed by atoms with E-state index in [1.807, 2.05) is 54.6 Å². The number of hydrogen-bond acceptors (Lipinski definition) is 5. The molecule has 180 valence electrons. The first-order chi connectivity index (χ1) is 16.7. The van der Waals surface area contributed by atoms with Crippen molar-refractivity contribution in [2.24, 2.45) is 0 Å². The molecule has 0 aliphatic carbocycles. The fourth-order valence-electron chi connectivity index (χ4n) is 4.17. The summed E-state index contributed by atoms with van der Waals surface area (Å²) in [6.07, 6.45) is -0.894. The summed E-state index contributed by atoms with van der Waals surface area (Å²) in [6.45, 7) is 5.72. The van der Waals surface area contributed by atoms with Crippen molar-refractivity contribution in [2.75, 3.05) is 5.75 Å². The monoisotopic (exact) mass is 478 g/mol. The highest BCUT2D eigenvalue weighted by molar-refractivity contribution is 7.99. The lowest BCUT2D eigenvalue weighted by atomic mass is 9.99. The van der Waals surface area contributed by atoms with Crippen LogP contribution in [-0.4, -0.2) is 35.6 Å². The first-order valence-electron chi connectivity index (χ1n) is 12.0. The Morgan fingerprint density at radius 1 is 0.618 bits per heavy atom. The molecule has 0 aromatic heterocycles. The molecular formula is C29H34O4S. The summed E-state index contributed by atoms with van der Waals surface area (Å²) in [5, 5.41) is 0. The highest BCUT2D eigenvalue weighted by Gasteiger charge is 2.46. The van der Waals surface area contributed by atoms with E-state index in [4.69, 9.17) is 18.9 Å². The second kappa shape index (κ2) is 13.1. The molecule has 5 heteroatoms. The van der Waals surface area contributed by atoms with E-state index in [0.29, 0.717) is 19.8 Å². The summed E-state index contributed by atoms with van der Waals surface area (Å²) < 4.78 is 26.0. The smallest absolute Gasteiger partial charge is 0.132 e. The third-order valence-corrected chi connectivity index (χ3v) is 6.96. The zero-order valence-corrected chi connectivity index (χ0v) is 20.7. The van der Waals surface area contributed by atoms with Crippen molar-refractivity contribution in [2.45, 2.75) is 63.5 Å². The molecule has 0 unspecified atom stereocenters. The summed E-state index contributed by atoms with van der Waals surface area (Å²) in [7, 11) is 0. The molecule has 0 N–H and O–H groups in total. The molecule has 1 heterocycles. The zero-order chi connectivity index (χ0) is 23.6. The Hall–Kier alpha value is -2.15. The number of rotatable bonds is 11. The summed E-state index contributed by atoms with van der Waals surface area (Å²) in [5.41, 5.74) is 3.26.